The lowest BCUT2D eigenvalue weighted by Gasteiger charge is -2.35. The lowest BCUT2D eigenvalue weighted by atomic mass is 10.1. The summed E-state index contributed by atoms with van der Waals surface area (Å²) in [4.78, 5) is 35.8. The van der Waals surface area contributed by atoms with Gasteiger partial charge < -0.3 is 14.8 Å². The van der Waals surface area contributed by atoms with E-state index in [2.05, 4.69) is 25.9 Å². The third-order valence-corrected chi connectivity index (χ3v) is 5.89. The van der Waals surface area contributed by atoms with Crippen molar-refractivity contribution in [2.45, 2.75) is 0 Å². The van der Waals surface area contributed by atoms with Gasteiger partial charge in [-0.1, -0.05) is 30.3 Å². The minimum atomic E-state index is -0.759. The van der Waals surface area contributed by atoms with Crippen molar-refractivity contribution >= 4 is 44.4 Å². The van der Waals surface area contributed by atoms with Crippen LogP contribution < -0.4 is 0 Å². The molecule has 1 amide bonds. The summed E-state index contributed by atoms with van der Waals surface area (Å²) in [6, 6.07) is 12.1. The van der Waals surface area contributed by atoms with Crippen LogP contribution in [0.3, 0.4) is 0 Å². The maximum atomic E-state index is 14.3. The largest absolute Gasteiger partial charge is 0.359 e. The molecule has 1 fully saturated rings. The monoisotopic (exact) mass is 481 g/mol. The van der Waals surface area contributed by atoms with Gasteiger partial charge in [0.05, 0.1) is 11.1 Å². The lowest BCUT2D eigenvalue weighted by Crippen LogP contribution is -2.52. The van der Waals surface area contributed by atoms with E-state index in [-0.39, 0.29) is 24.0 Å². The number of Topliss-reactive ketones (excluding diaryl/α,β-unsaturated/α-hetero) is 1. The Morgan fingerprint density at radius 1 is 1.06 bits per heavy atom. The zero-order valence-corrected chi connectivity index (χ0v) is 17.9. The number of amidine groups is 1. The predicted octanol–water partition coefficient (Wildman–Crippen LogP) is 3.32. The number of piperazine rings is 1. The topological polar surface area (TPSA) is 92.6 Å². The summed E-state index contributed by atoms with van der Waals surface area (Å²) < 4.78 is 14.9. The van der Waals surface area contributed by atoms with Crippen molar-refractivity contribution in [3.63, 3.8) is 0 Å². The number of rotatable bonds is 3. The number of nitrogens with one attached hydrogen (secondary N) is 1. The summed E-state index contributed by atoms with van der Waals surface area (Å²) in [7, 11) is 0. The van der Waals surface area contributed by atoms with Gasteiger partial charge in [0, 0.05) is 47.8 Å². The molecule has 0 aliphatic carbocycles. The predicted molar refractivity (Wildman–Crippen MR) is 117 cm³/mol. The standard InChI is InChI=1S/C22H17BrFN5O2/c23-16-6-7-17(24)18-15(12-26-19(16)18)20(30)22(31)29-10-8-28(9-11-29)21(27-13-25)14-4-2-1-3-5-14/h1-7,12,26H,8-11H2. The molecular formula is C22H17BrFN5O2. The van der Waals surface area contributed by atoms with E-state index in [9.17, 15) is 14.0 Å². The molecule has 156 valence electrons. The zero-order valence-electron chi connectivity index (χ0n) is 16.3. The number of H-pyrrole nitrogens is 1. The van der Waals surface area contributed by atoms with Crippen LogP contribution in [0.25, 0.3) is 10.9 Å². The number of halogens is 2. The Hall–Kier alpha value is -3.51. The molecule has 0 atom stereocenters. The molecule has 0 saturated carbocycles. The minimum absolute atomic E-state index is 0.0113. The fourth-order valence-electron chi connectivity index (χ4n) is 3.68. The van der Waals surface area contributed by atoms with Gasteiger partial charge in [-0.25, -0.2) is 4.39 Å². The van der Waals surface area contributed by atoms with Crippen molar-refractivity contribution in [2.24, 2.45) is 4.99 Å². The van der Waals surface area contributed by atoms with Gasteiger partial charge in [0.15, 0.2) is 0 Å². The first-order valence-electron chi connectivity index (χ1n) is 9.57. The first-order chi connectivity index (χ1) is 15.0. The molecule has 4 rings (SSSR count). The van der Waals surface area contributed by atoms with Gasteiger partial charge in [0.1, 0.15) is 11.7 Å². The van der Waals surface area contributed by atoms with Crippen LogP contribution in [-0.2, 0) is 4.79 Å². The van der Waals surface area contributed by atoms with Crippen LogP contribution in [0.4, 0.5) is 4.39 Å². The molecule has 2 aromatic carbocycles. The molecule has 0 unspecified atom stereocenters. The lowest BCUT2D eigenvalue weighted by molar-refractivity contribution is -0.127. The quantitative estimate of drug-likeness (QED) is 0.204. The highest BCUT2D eigenvalue weighted by Gasteiger charge is 2.30. The number of fused-ring (bicyclic) bond motifs is 1. The Balaban J connectivity index is 1.50. The second-order valence-corrected chi connectivity index (χ2v) is 7.85. The Morgan fingerprint density at radius 2 is 1.74 bits per heavy atom. The number of ketones is 1. The minimum Gasteiger partial charge on any atom is -0.359 e. The number of nitrogens with zero attached hydrogens (tertiary/aromatic N) is 4. The SMILES string of the molecule is N#CN=C(c1ccccc1)N1CCN(C(=O)C(=O)c2c[nH]c3c(Br)ccc(F)c23)CC1. The normalized spacial score (nSPS) is 14.5. The number of aliphatic imine (C=N–C) groups is 1. The van der Waals surface area contributed by atoms with Gasteiger partial charge in [0.2, 0.25) is 6.19 Å². The first-order valence-corrected chi connectivity index (χ1v) is 10.4. The van der Waals surface area contributed by atoms with Crippen LogP contribution in [-0.4, -0.2) is 58.5 Å². The van der Waals surface area contributed by atoms with Gasteiger partial charge in [-0.15, -0.1) is 0 Å². The van der Waals surface area contributed by atoms with Crippen LogP contribution in [0.5, 0.6) is 0 Å². The smallest absolute Gasteiger partial charge is 0.295 e. The van der Waals surface area contributed by atoms with Crippen molar-refractivity contribution in [1.29, 1.82) is 5.26 Å². The number of hydrogen-bond acceptors (Lipinski definition) is 4. The van der Waals surface area contributed by atoms with Crippen molar-refractivity contribution in [3.8, 4) is 6.19 Å². The molecule has 1 aliphatic heterocycles. The number of carbonyl (C=O) groups is 2. The van der Waals surface area contributed by atoms with Crippen LogP contribution in [0.15, 0.2) is 58.1 Å². The van der Waals surface area contributed by atoms with Gasteiger partial charge in [-0.05, 0) is 28.1 Å². The van der Waals surface area contributed by atoms with Crippen molar-refractivity contribution in [3.05, 3.63) is 70.1 Å². The average molecular weight is 482 g/mol. The molecule has 3 aromatic rings. The van der Waals surface area contributed by atoms with Crippen molar-refractivity contribution < 1.29 is 14.0 Å². The summed E-state index contributed by atoms with van der Waals surface area (Å²) in [6.07, 6.45) is 3.19. The number of aromatic nitrogens is 1. The highest BCUT2D eigenvalue weighted by Crippen LogP contribution is 2.29. The van der Waals surface area contributed by atoms with Gasteiger partial charge in [0.25, 0.3) is 11.7 Å². The summed E-state index contributed by atoms with van der Waals surface area (Å²) in [5, 5.41) is 9.16. The van der Waals surface area contributed by atoms with E-state index in [1.165, 1.54) is 23.2 Å². The highest BCUT2D eigenvalue weighted by molar-refractivity contribution is 9.10. The number of carbonyl (C=O) groups excluding carboxylic acids is 2. The molecule has 7 nitrogen and oxygen atoms in total. The summed E-state index contributed by atoms with van der Waals surface area (Å²) in [6.45, 7) is 1.41. The Bertz CT molecular complexity index is 1220. The Labute approximate surface area is 185 Å². The van der Waals surface area contributed by atoms with Gasteiger partial charge in [-0.2, -0.15) is 10.3 Å². The fourth-order valence-corrected chi connectivity index (χ4v) is 4.13. The molecule has 0 bridgehead atoms. The third-order valence-electron chi connectivity index (χ3n) is 5.23. The number of aromatic amines is 1. The maximum absolute atomic E-state index is 14.3. The van der Waals surface area contributed by atoms with E-state index in [4.69, 9.17) is 5.26 Å². The summed E-state index contributed by atoms with van der Waals surface area (Å²) in [5.41, 5.74) is 1.25. The molecule has 0 spiro atoms. The molecule has 1 saturated heterocycles. The van der Waals surface area contributed by atoms with Crippen molar-refractivity contribution in [1.82, 2.24) is 14.8 Å². The second kappa shape index (κ2) is 8.70. The van der Waals surface area contributed by atoms with E-state index in [1.807, 2.05) is 41.4 Å². The fraction of sp³-hybridized carbons (Fsp3) is 0.182. The average Bonchev–Trinajstić information content (AvgIpc) is 3.26. The zero-order chi connectivity index (χ0) is 22.0. The van der Waals surface area contributed by atoms with E-state index in [0.717, 1.165) is 5.56 Å². The Morgan fingerprint density at radius 3 is 2.42 bits per heavy atom. The molecule has 1 N–H and O–H groups in total. The first kappa shape index (κ1) is 20.8. The molecule has 1 aliphatic rings. The van der Waals surface area contributed by atoms with E-state index >= 15 is 0 Å². The number of benzene rings is 2. The van der Waals surface area contributed by atoms with Gasteiger partial charge in [-0.3, -0.25) is 9.59 Å². The highest BCUT2D eigenvalue weighted by atomic mass is 79.9. The van der Waals surface area contributed by atoms with E-state index in [1.54, 1.807) is 0 Å². The summed E-state index contributed by atoms with van der Waals surface area (Å²) in [5.74, 6) is -1.48. The van der Waals surface area contributed by atoms with Crippen molar-refractivity contribution in [2.75, 3.05) is 26.2 Å². The third kappa shape index (κ3) is 3.94. The van der Waals surface area contributed by atoms with E-state index in [0.29, 0.717) is 28.9 Å². The van der Waals surface area contributed by atoms with Crippen LogP contribution in [0.1, 0.15) is 15.9 Å². The molecule has 1 aromatic heterocycles. The maximum Gasteiger partial charge on any atom is 0.295 e. The van der Waals surface area contributed by atoms with Crippen LogP contribution in [0.2, 0.25) is 0 Å². The van der Waals surface area contributed by atoms with Crippen LogP contribution >= 0.6 is 15.9 Å². The Kier molecular flexibility index (Phi) is 5.82. The molecule has 9 heteroatoms. The molecular weight excluding hydrogens is 465 g/mol. The van der Waals surface area contributed by atoms with Crippen LogP contribution in [0, 0.1) is 17.3 Å². The molecule has 2 heterocycles. The number of nitriles is 1. The van der Waals surface area contributed by atoms with Gasteiger partial charge >= 0.3 is 0 Å². The summed E-state index contributed by atoms with van der Waals surface area (Å²) >= 11 is 3.31. The van der Waals surface area contributed by atoms with E-state index < -0.39 is 17.5 Å². The number of amides is 1. The number of hydrogen-bond donors (Lipinski definition) is 1. The second-order valence-electron chi connectivity index (χ2n) is 6.99. The molecule has 31 heavy (non-hydrogen) atoms. The molecule has 0 radical (unpaired) electrons.